The van der Waals surface area contributed by atoms with Crippen LogP contribution in [0.2, 0.25) is 0 Å². The molecule has 162 valence electrons. The van der Waals surface area contributed by atoms with Gasteiger partial charge in [0.05, 0.1) is 19.5 Å². The molecular weight excluding hydrogens is 400 g/mol. The van der Waals surface area contributed by atoms with Crippen LogP contribution in [0.3, 0.4) is 0 Å². The first kappa shape index (κ1) is 21.4. The van der Waals surface area contributed by atoms with Crippen LogP contribution in [-0.4, -0.2) is 28.7 Å². The van der Waals surface area contributed by atoms with Gasteiger partial charge in [-0.1, -0.05) is 54.6 Å². The quantitative estimate of drug-likeness (QED) is 0.270. The van der Waals surface area contributed by atoms with Crippen LogP contribution in [-0.2, 0) is 22.5 Å². The van der Waals surface area contributed by atoms with E-state index in [-0.39, 0.29) is 5.97 Å². The molecule has 1 aromatic heterocycles. The van der Waals surface area contributed by atoms with Crippen LogP contribution in [0.15, 0.2) is 85.5 Å². The van der Waals surface area contributed by atoms with E-state index < -0.39 is 0 Å². The fourth-order valence-electron chi connectivity index (χ4n) is 3.55. The minimum atomic E-state index is -0.364. The fourth-order valence-corrected chi connectivity index (χ4v) is 3.55. The van der Waals surface area contributed by atoms with Gasteiger partial charge in [0.15, 0.2) is 0 Å². The summed E-state index contributed by atoms with van der Waals surface area (Å²) in [5, 5.41) is 2.46. The Bertz CT molecular complexity index is 1210. The third-order valence-electron chi connectivity index (χ3n) is 5.15. The Labute approximate surface area is 187 Å². The molecule has 0 N–H and O–H groups in total. The number of esters is 1. The lowest BCUT2D eigenvalue weighted by Crippen LogP contribution is -2.04. The Morgan fingerprint density at radius 1 is 1.03 bits per heavy atom. The predicted molar refractivity (Wildman–Crippen MR) is 127 cm³/mol. The number of fused-ring (bicyclic) bond motifs is 1. The molecule has 1 heterocycles. The fraction of sp³-hybridized carbons (Fsp3) is 0.185. The molecule has 3 aromatic carbocycles. The molecule has 0 spiro atoms. The number of benzene rings is 3. The van der Waals surface area contributed by atoms with Crippen molar-refractivity contribution in [2.45, 2.75) is 19.9 Å². The van der Waals surface area contributed by atoms with Crippen LogP contribution >= 0.6 is 0 Å². The zero-order chi connectivity index (χ0) is 22.2. The molecule has 5 heteroatoms. The summed E-state index contributed by atoms with van der Waals surface area (Å²) in [6.07, 6.45) is 9.44. The van der Waals surface area contributed by atoms with E-state index in [1.807, 2.05) is 35.0 Å². The first-order valence-corrected chi connectivity index (χ1v) is 10.8. The van der Waals surface area contributed by atoms with Crippen LogP contribution in [0, 0.1) is 0 Å². The van der Waals surface area contributed by atoms with Crippen molar-refractivity contribution in [1.29, 1.82) is 0 Å². The minimum Gasteiger partial charge on any atom is -0.493 e. The maximum atomic E-state index is 11.8. The molecule has 4 rings (SSSR count). The smallest absolute Gasteiger partial charge is 0.330 e. The number of carbonyl (C=O) groups is 1. The SMILES string of the molecule is CCOC(=O)/C=C/c1ccc(Cn2ccnc2)cc1OCCc1ccc2ccccc2c1. The number of imidazole rings is 1. The maximum absolute atomic E-state index is 11.8. The number of ether oxygens (including phenoxy) is 2. The van der Waals surface area contributed by atoms with Crippen molar-refractivity contribution in [3.05, 3.63) is 102 Å². The van der Waals surface area contributed by atoms with Crippen molar-refractivity contribution >= 4 is 22.8 Å². The Morgan fingerprint density at radius 2 is 1.88 bits per heavy atom. The summed E-state index contributed by atoms with van der Waals surface area (Å²) >= 11 is 0. The van der Waals surface area contributed by atoms with E-state index >= 15 is 0 Å². The number of hydrogen-bond acceptors (Lipinski definition) is 4. The monoisotopic (exact) mass is 426 g/mol. The lowest BCUT2D eigenvalue weighted by Gasteiger charge is -2.12. The van der Waals surface area contributed by atoms with Gasteiger partial charge >= 0.3 is 5.97 Å². The van der Waals surface area contributed by atoms with Gasteiger partial charge < -0.3 is 14.0 Å². The van der Waals surface area contributed by atoms with E-state index in [9.17, 15) is 4.79 Å². The third-order valence-corrected chi connectivity index (χ3v) is 5.15. The van der Waals surface area contributed by atoms with Gasteiger partial charge in [0.2, 0.25) is 0 Å². The van der Waals surface area contributed by atoms with Crippen molar-refractivity contribution in [3.8, 4) is 5.75 Å². The van der Waals surface area contributed by atoms with E-state index in [4.69, 9.17) is 9.47 Å². The normalized spacial score (nSPS) is 11.2. The molecule has 0 amide bonds. The molecular formula is C27H26N2O3. The molecule has 0 bridgehead atoms. The second-order valence-electron chi connectivity index (χ2n) is 7.47. The highest BCUT2D eigenvalue weighted by Gasteiger charge is 2.06. The summed E-state index contributed by atoms with van der Waals surface area (Å²) in [7, 11) is 0. The highest BCUT2D eigenvalue weighted by Crippen LogP contribution is 2.24. The van der Waals surface area contributed by atoms with Gasteiger partial charge in [0, 0.05) is 37.0 Å². The van der Waals surface area contributed by atoms with Crippen molar-refractivity contribution in [2.75, 3.05) is 13.2 Å². The summed E-state index contributed by atoms with van der Waals surface area (Å²) in [4.78, 5) is 15.9. The molecule has 4 aromatic rings. The Kier molecular flexibility index (Phi) is 6.98. The van der Waals surface area contributed by atoms with Gasteiger partial charge in [-0.15, -0.1) is 0 Å². The van der Waals surface area contributed by atoms with Crippen molar-refractivity contribution < 1.29 is 14.3 Å². The lowest BCUT2D eigenvalue weighted by atomic mass is 10.1. The van der Waals surface area contributed by atoms with Crippen molar-refractivity contribution in [1.82, 2.24) is 9.55 Å². The first-order chi connectivity index (χ1) is 15.7. The second kappa shape index (κ2) is 10.4. The van der Waals surface area contributed by atoms with Gasteiger partial charge in [-0.3, -0.25) is 0 Å². The molecule has 0 aliphatic carbocycles. The van der Waals surface area contributed by atoms with E-state index in [1.165, 1.54) is 22.4 Å². The Morgan fingerprint density at radius 3 is 2.69 bits per heavy atom. The molecule has 0 aliphatic heterocycles. The van der Waals surface area contributed by atoms with Crippen molar-refractivity contribution in [2.24, 2.45) is 0 Å². The van der Waals surface area contributed by atoms with Crippen LogP contribution in [0.5, 0.6) is 5.75 Å². The average Bonchev–Trinajstić information content (AvgIpc) is 3.32. The molecule has 5 nitrogen and oxygen atoms in total. The largest absolute Gasteiger partial charge is 0.493 e. The van der Waals surface area contributed by atoms with Crippen LogP contribution in [0.1, 0.15) is 23.6 Å². The van der Waals surface area contributed by atoms with Gasteiger partial charge in [-0.25, -0.2) is 9.78 Å². The number of carbonyl (C=O) groups excluding carboxylic acids is 1. The van der Waals surface area contributed by atoms with Crippen LogP contribution in [0.25, 0.3) is 16.8 Å². The summed E-state index contributed by atoms with van der Waals surface area (Å²) in [6, 6.07) is 20.8. The van der Waals surface area contributed by atoms with Gasteiger partial charge in [-0.05, 0) is 41.0 Å². The summed E-state index contributed by atoms with van der Waals surface area (Å²) < 4.78 is 13.2. The number of nitrogens with zero attached hydrogens (tertiary/aromatic N) is 2. The lowest BCUT2D eigenvalue weighted by molar-refractivity contribution is -0.137. The summed E-state index contributed by atoms with van der Waals surface area (Å²) in [5.74, 6) is 0.376. The predicted octanol–water partition coefficient (Wildman–Crippen LogP) is 5.28. The molecule has 0 saturated carbocycles. The van der Waals surface area contributed by atoms with E-state index in [0.29, 0.717) is 19.8 Å². The number of hydrogen-bond donors (Lipinski definition) is 0. The van der Waals surface area contributed by atoms with Gasteiger partial charge in [0.25, 0.3) is 0 Å². The highest BCUT2D eigenvalue weighted by atomic mass is 16.5. The average molecular weight is 427 g/mol. The Balaban J connectivity index is 1.49. The first-order valence-electron chi connectivity index (χ1n) is 10.8. The molecule has 0 unspecified atom stereocenters. The molecule has 0 atom stereocenters. The zero-order valence-electron chi connectivity index (χ0n) is 18.1. The molecule has 0 fully saturated rings. The number of aromatic nitrogens is 2. The van der Waals surface area contributed by atoms with E-state index in [0.717, 1.165) is 23.3 Å². The summed E-state index contributed by atoms with van der Waals surface area (Å²) in [6.45, 7) is 3.37. The molecule has 0 aliphatic rings. The van der Waals surface area contributed by atoms with Crippen LogP contribution < -0.4 is 4.74 Å². The minimum absolute atomic E-state index is 0.349. The second-order valence-corrected chi connectivity index (χ2v) is 7.47. The standard InChI is InChI=1S/C27H26N2O3/c1-2-31-27(30)12-11-24-10-8-22(19-29-15-14-28-20-29)18-26(24)32-16-13-21-7-9-23-5-3-4-6-25(23)17-21/h3-12,14-15,17-18,20H,2,13,16,19H2,1H3/b12-11+. The summed E-state index contributed by atoms with van der Waals surface area (Å²) in [5.41, 5.74) is 3.16. The van der Waals surface area contributed by atoms with Crippen LogP contribution in [0.4, 0.5) is 0 Å². The van der Waals surface area contributed by atoms with Gasteiger partial charge in [-0.2, -0.15) is 0 Å². The third kappa shape index (κ3) is 5.64. The van der Waals surface area contributed by atoms with E-state index in [1.54, 1.807) is 25.5 Å². The Hall–Kier alpha value is -3.86. The zero-order valence-corrected chi connectivity index (χ0v) is 18.1. The highest BCUT2D eigenvalue weighted by molar-refractivity contribution is 5.87. The van der Waals surface area contributed by atoms with E-state index in [2.05, 4.69) is 41.4 Å². The maximum Gasteiger partial charge on any atom is 0.330 e. The molecule has 32 heavy (non-hydrogen) atoms. The number of rotatable bonds is 9. The topological polar surface area (TPSA) is 53.4 Å². The molecule has 0 radical (unpaired) electrons. The van der Waals surface area contributed by atoms with Gasteiger partial charge in [0.1, 0.15) is 5.75 Å². The van der Waals surface area contributed by atoms with Crippen molar-refractivity contribution in [3.63, 3.8) is 0 Å². The molecule has 0 saturated heterocycles.